The van der Waals surface area contributed by atoms with E-state index >= 15 is 0 Å². The van der Waals surface area contributed by atoms with E-state index in [1.807, 2.05) is 6.92 Å². The predicted octanol–water partition coefficient (Wildman–Crippen LogP) is 2.35. The van der Waals surface area contributed by atoms with Gasteiger partial charge in [-0.05, 0) is 49.4 Å². The van der Waals surface area contributed by atoms with Gasteiger partial charge in [0.1, 0.15) is 0 Å². The van der Waals surface area contributed by atoms with Crippen molar-refractivity contribution in [2.75, 3.05) is 13.2 Å². The lowest BCUT2D eigenvalue weighted by atomic mass is 9.97. The summed E-state index contributed by atoms with van der Waals surface area (Å²) in [6.07, 6.45) is 1.39. The molecule has 1 aromatic carbocycles. The van der Waals surface area contributed by atoms with Crippen LogP contribution in [0.1, 0.15) is 61.3 Å². The molecule has 5 heteroatoms. The Labute approximate surface area is 138 Å². The summed E-state index contributed by atoms with van der Waals surface area (Å²) in [5, 5.41) is 14.5. The molecule has 128 valence electrons. The summed E-state index contributed by atoms with van der Waals surface area (Å²) < 4.78 is 0. The summed E-state index contributed by atoms with van der Waals surface area (Å²) in [6.45, 7) is 8.78. The first-order valence-corrected chi connectivity index (χ1v) is 8.03. The first-order valence-electron chi connectivity index (χ1n) is 8.03. The Balaban J connectivity index is 2.58. The maximum absolute atomic E-state index is 12.1. The molecule has 0 heterocycles. The highest BCUT2D eigenvalue weighted by atomic mass is 16.3. The minimum atomic E-state index is -0.169. The fraction of sp³-hybridized carbons (Fsp3) is 0.556. The van der Waals surface area contributed by atoms with Gasteiger partial charge >= 0.3 is 0 Å². The normalized spacial score (nSPS) is 12.6. The number of hydrogen-bond donors (Lipinski definition) is 3. The molecule has 1 atom stereocenters. The van der Waals surface area contributed by atoms with E-state index in [1.54, 1.807) is 24.3 Å². The smallest absolute Gasteiger partial charge is 0.251 e. The SMILES string of the molecule is CC(CCCO)NC(=O)c1ccc(C(=O)NCC(C)(C)C)cc1. The van der Waals surface area contributed by atoms with Crippen LogP contribution < -0.4 is 10.6 Å². The van der Waals surface area contributed by atoms with Crippen LogP contribution in [-0.4, -0.2) is 36.1 Å². The quantitative estimate of drug-likeness (QED) is 0.721. The first-order chi connectivity index (χ1) is 10.7. The van der Waals surface area contributed by atoms with Gasteiger partial charge in [0, 0.05) is 30.3 Å². The molecule has 3 N–H and O–H groups in total. The molecule has 0 aliphatic carbocycles. The van der Waals surface area contributed by atoms with E-state index in [9.17, 15) is 9.59 Å². The van der Waals surface area contributed by atoms with Gasteiger partial charge in [-0.1, -0.05) is 20.8 Å². The van der Waals surface area contributed by atoms with Gasteiger partial charge in [0.15, 0.2) is 0 Å². The van der Waals surface area contributed by atoms with E-state index in [1.165, 1.54) is 0 Å². The molecule has 0 bridgehead atoms. The van der Waals surface area contributed by atoms with Crippen molar-refractivity contribution in [2.24, 2.45) is 5.41 Å². The van der Waals surface area contributed by atoms with Crippen LogP contribution in [0.4, 0.5) is 0 Å². The third-order valence-corrected chi connectivity index (χ3v) is 3.36. The highest BCUT2D eigenvalue weighted by molar-refractivity contribution is 5.97. The summed E-state index contributed by atoms with van der Waals surface area (Å²) in [5.41, 5.74) is 1.09. The van der Waals surface area contributed by atoms with Crippen molar-refractivity contribution in [3.8, 4) is 0 Å². The van der Waals surface area contributed by atoms with E-state index in [0.717, 1.165) is 6.42 Å². The summed E-state index contributed by atoms with van der Waals surface area (Å²) >= 11 is 0. The molecule has 2 amide bonds. The van der Waals surface area contributed by atoms with Gasteiger partial charge in [-0.25, -0.2) is 0 Å². The summed E-state index contributed by atoms with van der Waals surface area (Å²) in [7, 11) is 0. The molecule has 5 nitrogen and oxygen atoms in total. The number of amides is 2. The molecule has 0 saturated carbocycles. The van der Waals surface area contributed by atoms with Gasteiger partial charge in [0.25, 0.3) is 11.8 Å². The highest BCUT2D eigenvalue weighted by Crippen LogP contribution is 2.11. The lowest BCUT2D eigenvalue weighted by molar-refractivity contribution is 0.0926. The second-order valence-corrected chi connectivity index (χ2v) is 7.06. The van der Waals surface area contributed by atoms with Crippen LogP contribution in [-0.2, 0) is 0 Å². The molecular formula is C18H28N2O3. The molecule has 0 aliphatic heterocycles. The fourth-order valence-corrected chi connectivity index (χ4v) is 2.00. The van der Waals surface area contributed by atoms with Crippen molar-refractivity contribution >= 4 is 11.8 Å². The van der Waals surface area contributed by atoms with E-state index in [4.69, 9.17) is 5.11 Å². The van der Waals surface area contributed by atoms with Gasteiger partial charge < -0.3 is 15.7 Å². The predicted molar refractivity (Wildman–Crippen MR) is 91.5 cm³/mol. The Kier molecular flexibility index (Phi) is 7.23. The Morgan fingerprint density at radius 1 is 1.09 bits per heavy atom. The fourth-order valence-electron chi connectivity index (χ4n) is 2.00. The Bertz CT molecular complexity index is 518. The zero-order valence-electron chi connectivity index (χ0n) is 14.5. The van der Waals surface area contributed by atoms with Gasteiger partial charge in [-0.2, -0.15) is 0 Å². The molecule has 1 rings (SSSR count). The number of nitrogens with one attached hydrogen (secondary N) is 2. The molecule has 0 spiro atoms. The van der Waals surface area contributed by atoms with Crippen LogP contribution in [0.3, 0.4) is 0 Å². The van der Waals surface area contributed by atoms with Crippen LogP contribution in [0.5, 0.6) is 0 Å². The molecule has 0 aromatic heterocycles. The molecule has 0 radical (unpaired) electrons. The minimum absolute atomic E-state index is 0.00408. The number of hydrogen-bond acceptors (Lipinski definition) is 3. The van der Waals surface area contributed by atoms with Crippen LogP contribution in [0, 0.1) is 5.41 Å². The summed E-state index contributed by atoms with van der Waals surface area (Å²) in [6, 6.07) is 6.63. The largest absolute Gasteiger partial charge is 0.396 e. The van der Waals surface area contributed by atoms with E-state index in [2.05, 4.69) is 31.4 Å². The van der Waals surface area contributed by atoms with Gasteiger partial charge in [0.05, 0.1) is 0 Å². The zero-order chi connectivity index (χ0) is 17.5. The molecule has 23 heavy (non-hydrogen) atoms. The number of carbonyl (C=O) groups excluding carboxylic acids is 2. The topological polar surface area (TPSA) is 78.4 Å². The average Bonchev–Trinajstić information content (AvgIpc) is 2.50. The van der Waals surface area contributed by atoms with Crippen LogP contribution >= 0.6 is 0 Å². The first kappa shape index (κ1) is 19.2. The van der Waals surface area contributed by atoms with E-state index < -0.39 is 0 Å². The molecule has 0 saturated heterocycles. The number of rotatable bonds is 7. The number of benzene rings is 1. The van der Waals surface area contributed by atoms with Crippen LogP contribution in [0.15, 0.2) is 24.3 Å². The number of carbonyl (C=O) groups is 2. The third-order valence-electron chi connectivity index (χ3n) is 3.36. The van der Waals surface area contributed by atoms with Crippen molar-refractivity contribution in [1.82, 2.24) is 10.6 Å². The maximum atomic E-state index is 12.1. The van der Waals surface area contributed by atoms with Gasteiger partial charge in [-0.15, -0.1) is 0 Å². The van der Waals surface area contributed by atoms with E-state index in [-0.39, 0.29) is 29.9 Å². The lowest BCUT2D eigenvalue weighted by Crippen LogP contribution is -2.33. The summed E-state index contributed by atoms with van der Waals surface area (Å²) in [5.74, 6) is -0.305. The van der Waals surface area contributed by atoms with Crippen molar-refractivity contribution < 1.29 is 14.7 Å². The number of aliphatic hydroxyl groups is 1. The monoisotopic (exact) mass is 320 g/mol. The summed E-state index contributed by atoms with van der Waals surface area (Å²) in [4.78, 5) is 24.1. The van der Waals surface area contributed by atoms with Crippen LogP contribution in [0.25, 0.3) is 0 Å². The third kappa shape index (κ3) is 7.28. The Morgan fingerprint density at radius 2 is 1.61 bits per heavy atom. The van der Waals surface area contributed by atoms with Gasteiger partial charge in [0.2, 0.25) is 0 Å². The van der Waals surface area contributed by atoms with Crippen LogP contribution in [0.2, 0.25) is 0 Å². The van der Waals surface area contributed by atoms with Crippen molar-refractivity contribution in [2.45, 2.75) is 46.6 Å². The lowest BCUT2D eigenvalue weighted by Gasteiger charge is -2.18. The molecule has 1 aromatic rings. The highest BCUT2D eigenvalue weighted by Gasteiger charge is 2.14. The van der Waals surface area contributed by atoms with Crippen molar-refractivity contribution in [3.63, 3.8) is 0 Å². The Morgan fingerprint density at radius 3 is 2.09 bits per heavy atom. The molecule has 0 aliphatic rings. The van der Waals surface area contributed by atoms with Crippen molar-refractivity contribution in [1.29, 1.82) is 0 Å². The second kappa shape index (κ2) is 8.67. The second-order valence-electron chi connectivity index (χ2n) is 7.06. The minimum Gasteiger partial charge on any atom is -0.396 e. The van der Waals surface area contributed by atoms with Crippen molar-refractivity contribution in [3.05, 3.63) is 35.4 Å². The standard InChI is InChI=1S/C18H28N2O3/c1-13(6-5-11-21)20-17(23)15-9-7-14(8-10-15)16(22)19-12-18(2,3)4/h7-10,13,21H,5-6,11-12H2,1-4H3,(H,19,22)(H,20,23). The average molecular weight is 320 g/mol. The molecule has 0 fully saturated rings. The zero-order valence-corrected chi connectivity index (χ0v) is 14.5. The number of aliphatic hydroxyl groups excluding tert-OH is 1. The molecular weight excluding hydrogens is 292 g/mol. The van der Waals surface area contributed by atoms with E-state index in [0.29, 0.717) is 24.1 Å². The maximum Gasteiger partial charge on any atom is 0.251 e. The van der Waals surface area contributed by atoms with Gasteiger partial charge in [-0.3, -0.25) is 9.59 Å². The molecule has 1 unspecified atom stereocenters. The Hall–Kier alpha value is -1.88.